The smallest absolute Gasteiger partial charge is 0.317 e. The first-order valence-electron chi connectivity index (χ1n) is 5.12. The number of carbonyl (C=O) groups is 1. The molecule has 0 atom stereocenters. The summed E-state index contributed by atoms with van der Waals surface area (Å²) in [7, 11) is 0. The number of hydrogen-bond acceptors (Lipinski definition) is 2. The van der Waals surface area contributed by atoms with Gasteiger partial charge in [-0.3, -0.25) is 9.69 Å². The summed E-state index contributed by atoms with van der Waals surface area (Å²) in [6.07, 6.45) is 2.29. The molecule has 1 heterocycles. The fourth-order valence-electron chi connectivity index (χ4n) is 1.41. The molecule has 1 aliphatic rings. The van der Waals surface area contributed by atoms with Gasteiger partial charge in [0.1, 0.15) is 0 Å². The van der Waals surface area contributed by atoms with E-state index in [9.17, 15) is 4.79 Å². The molecule has 0 aromatic rings. The third kappa shape index (κ3) is 5.64. The van der Waals surface area contributed by atoms with E-state index in [-0.39, 0.29) is 6.54 Å². The quantitative estimate of drug-likeness (QED) is 0.717. The molecule has 3 heteroatoms. The maximum absolute atomic E-state index is 10.3. The predicted molar refractivity (Wildman–Crippen MR) is 53.8 cm³/mol. The second-order valence-corrected chi connectivity index (χ2v) is 3.35. The maximum Gasteiger partial charge on any atom is 0.317 e. The summed E-state index contributed by atoms with van der Waals surface area (Å²) in [5, 5.41) is 8.49. The number of likely N-dealkylation sites (tertiary alicyclic amines) is 1. The average molecular weight is 187 g/mol. The number of aliphatic carboxylic acids is 1. The van der Waals surface area contributed by atoms with E-state index in [1.165, 1.54) is 0 Å². The lowest BCUT2D eigenvalue weighted by Gasteiger charge is -2.28. The maximum atomic E-state index is 10.3. The van der Waals surface area contributed by atoms with Gasteiger partial charge in [0, 0.05) is 0 Å². The van der Waals surface area contributed by atoms with Crippen molar-refractivity contribution in [3.8, 4) is 0 Å². The normalized spacial score (nSPS) is 19.0. The number of rotatable bonds is 2. The Kier molecular flexibility index (Phi) is 6.59. The number of hydrogen-bond donors (Lipinski definition) is 1. The van der Waals surface area contributed by atoms with Crippen molar-refractivity contribution < 1.29 is 9.90 Å². The predicted octanol–water partition coefficient (Wildman–Crippen LogP) is 1.83. The summed E-state index contributed by atoms with van der Waals surface area (Å²) in [6, 6.07) is 0. The molecule has 0 aromatic heterocycles. The van der Waals surface area contributed by atoms with E-state index in [0.717, 1.165) is 31.8 Å². The zero-order chi connectivity index (χ0) is 10.3. The van der Waals surface area contributed by atoms with E-state index in [2.05, 4.69) is 6.92 Å². The molecule has 0 saturated carbocycles. The third-order valence-electron chi connectivity index (χ3n) is 2.24. The van der Waals surface area contributed by atoms with Crippen LogP contribution in [0.25, 0.3) is 0 Å². The van der Waals surface area contributed by atoms with Crippen LogP contribution in [0.15, 0.2) is 0 Å². The summed E-state index contributed by atoms with van der Waals surface area (Å²) < 4.78 is 0. The van der Waals surface area contributed by atoms with Crippen molar-refractivity contribution in [3.05, 3.63) is 0 Å². The summed E-state index contributed by atoms with van der Waals surface area (Å²) in [5.74, 6) is 0.0691. The van der Waals surface area contributed by atoms with Crippen LogP contribution >= 0.6 is 0 Å². The molecule has 1 N–H and O–H groups in total. The number of carboxylic acid groups (broad SMARTS) is 1. The largest absolute Gasteiger partial charge is 0.480 e. The first-order valence-corrected chi connectivity index (χ1v) is 5.12. The lowest BCUT2D eigenvalue weighted by Crippen LogP contribution is -2.36. The Labute approximate surface area is 80.7 Å². The Morgan fingerprint density at radius 1 is 1.38 bits per heavy atom. The van der Waals surface area contributed by atoms with Gasteiger partial charge in [0.15, 0.2) is 0 Å². The fraction of sp³-hybridized carbons (Fsp3) is 0.900. The van der Waals surface area contributed by atoms with E-state index in [4.69, 9.17) is 5.11 Å². The lowest BCUT2D eigenvalue weighted by molar-refractivity contribution is -0.138. The van der Waals surface area contributed by atoms with Crippen molar-refractivity contribution in [1.82, 2.24) is 4.90 Å². The molecule has 1 aliphatic heterocycles. The zero-order valence-corrected chi connectivity index (χ0v) is 8.92. The van der Waals surface area contributed by atoms with Gasteiger partial charge in [0.25, 0.3) is 0 Å². The van der Waals surface area contributed by atoms with Crippen molar-refractivity contribution in [1.29, 1.82) is 0 Å². The molecule has 0 radical (unpaired) electrons. The standard InChI is InChI=1S/C8H15NO2.C2H6/c1-7-2-4-9(5-3-7)6-8(10)11;1-2/h7H,2-6H2,1H3,(H,10,11);1-2H3. The summed E-state index contributed by atoms with van der Waals surface area (Å²) in [6.45, 7) is 8.34. The van der Waals surface area contributed by atoms with E-state index < -0.39 is 5.97 Å². The van der Waals surface area contributed by atoms with E-state index in [1.54, 1.807) is 0 Å². The van der Waals surface area contributed by atoms with Crippen LogP contribution in [0.3, 0.4) is 0 Å². The van der Waals surface area contributed by atoms with Gasteiger partial charge in [-0.2, -0.15) is 0 Å². The van der Waals surface area contributed by atoms with E-state index in [0.29, 0.717) is 0 Å². The van der Waals surface area contributed by atoms with E-state index in [1.807, 2.05) is 18.7 Å². The zero-order valence-electron chi connectivity index (χ0n) is 8.92. The summed E-state index contributed by atoms with van der Waals surface area (Å²) >= 11 is 0. The van der Waals surface area contributed by atoms with Crippen LogP contribution in [0.2, 0.25) is 0 Å². The van der Waals surface area contributed by atoms with Gasteiger partial charge in [-0.15, -0.1) is 0 Å². The number of piperidine rings is 1. The lowest BCUT2D eigenvalue weighted by atomic mass is 9.99. The Morgan fingerprint density at radius 3 is 2.23 bits per heavy atom. The second kappa shape index (κ2) is 6.89. The van der Waals surface area contributed by atoms with Gasteiger partial charge < -0.3 is 5.11 Å². The Bertz CT molecular complexity index is 140. The highest BCUT2D eigenvalue weighted by molar-refractivity contribution is 5.69. The second-order valence-electron chi connectivity index (χ2n) is 3.35. The molecule has 0 amide bonds. The van der Waals surface area contributed by atoms with Crippen molar-refractivity contribution in [2.45, 2.75) is 33.6 Å². The van der Waals surface area contributed by atoms with Crippen LogP contribution in [0.1, 0.15) is 33.6 Å². The molecule has 0 unspecified atom stereocenters. The molecule has 0 bridgehead atoms. The van der Waals surface area contributed by atoms with Crippen molar-refractivity contribution >= 4 is 5.97 Å². The molecule has 1 saturated heterocycles. The third-order valence-corrected chi connectivity index (χ3v) is 2.24. The van der Waals surface area contributed by atoms with Crippen molar-refractivity contribution in [3.63, 3.8) is 0 Å². The molecule has 0 spiro atoms. The first-order chi connectivity index (χ1) is 6.18. The molecule has 0 aromatic carbocycles. The summed E-state index contributed by atoms with van der Waals surface area (Å²) in [5.41, 5.74) is 0. The molecule has 1 fully saturated rings. The minimum absolute atomic E-state index is 0.215. The van der Waals surface area contributed by atoms with E-state index >= 15 is 0 Å². The van der Waals surface area contributed by atoms with Crippen molar-refractivity contribution in [2.24, 2.45) is 5.92 Å². The highest BCUT2D eigenvalue weighted by atomic mass is 16.4. The molecule has 3 nitrogen and oxygen atoms in total. The van der Waals surface area contributed by atoms with Gasteiger partial charge in [-0.25, -0.2) is 0 Å². The van der Waals surface area contributed by atoms with Crippen LogP contribution in [0, 0.1) is 5.92 Å². The van der Waals surface area contributed by atoms with Gasteiger partial charge >= 0.3 is 5.97 Å². The monoisotopic (exact) mass is 187 g/mol. The minimum atomic E-state index is -0.709. The van der Waals surface area contributed by atoms with Crippen LogP contribution < -0.4 is 0 Å². The van der Waals surface area contributed by atoms with Crippen LogP contribution in [-0.4, -0.2) is 35.6 Å². The van der Waals surface area contributed by atoms with Crippen LogP contribution in [-0.2, 0) is 4.79 Å². The van der Waals surface area contributed by atoms with Crippen LogP contribution in [0.4, 0.5) is 0 Å². The molecule has 0 aliphatic carbocycles. The first kappa shape index (κ1) is 12.4. The van der Waals surface area contributed by atoms with Gasteiger partial charge in [-0.1, -0.05) is 20.8 Å². The fourth-order valence-corrected chi connectivity index (χ4v) is 1.41. The molecule has 13 heavy (non-hydrogen) atoms. The Balaban J connectivity index is 0.000000671. The van der Waals surface area contributed by atoms with Gasteiger partial charge in [0.2, 0.25) is 0 Å². The number of nitrogens with zero attached hydrogens (tertiary/aromatic N) is 1. The topological polar surface area (TPSA) is 40.5 Å². The highest BCUT2D eigenvalue weighted by Crippen LogP contribution is 2.15. The molecular weight excluding hydrogens is 166 g/mol. The molecule has 1 rings (SSSR count). The van der Waals surface area contributed by atoms with Gasteiger partial charge in [-0.05, 0) is 31.8 Å². The average Bonchev–Trinajstić information content (AvgIpc) is 2.12. The molecule has 78 valence electrons. The van der Waals surface area contributed by atoms with Gasteiger partial charge in [0.05, 0.1) is 6.54 Å². The van der Waals surface area contributed by atoms with Crippen LogP contribution in [0.5, 0.6) is 0 Å². The number of carboxylic acids is 1. The minimum Gasteiger partial charge on any atom is -0.480 e. The molecular formula is C10H21NO2. The highest BCUT2D eigenvalue weighted by Gasteiger charge is 2.16. The summed E-state index contributed by atoms with van der Waals surface area (Å²) in [4.78, 5) is 12.3. The van der Waals surface area contributed by atoms with Crippen molar-refractivity contribution in [2.75, 3.05) is 19.6 Å². The Morgan fingerprint density at radius 2 is 1.85 bits per heavy atom. The SMILES string of the molecule is CC.CC1CCN(CC(=O)O)CC1. The Hall–Kier alpha value is -0.570.